The second-order valence-corrected chi connectivity index (χ2v) is 26.0. The fraction of sp³-hybridized carbons (Fsp3) is 0.759. The minimum absolute atomic E-state index is 0.253. The maximum Gasteiger partial charge on any atom is 0.220 e. The van der Waals surface area contributed by atoms with Crippen molar-refractivity contribution < 1.29 is 64.6 Å². The molecule has 9 N–H and O–H groups in total. The minimum atomic E-state index is -1.80. The fourth-order valence-corrected chi connectivity index (χ4v) is 11.7. The molecule has 0 radical (unpaired) electrons. The standard InChI is InChI=1S/C79H137NO13/c1-3-5-7-9-11-13-15-17-19-21-23-25-27-28-29-30-31-32-33-34-35-36-37-38-39-40-41-43-45-47-49-51-53-55-57-59-61-63-71(84)80-67(66-90-78-76(89)74(87)77(70(65-82)92-78)93-79-75(88)73(86)72(85)69(64-81)91-79)68(83)62-60-58-56-54-52-50-48-46-44-42-26-24-22-20-18-16-14-12-10-8-6-4-2/h5,7,11,13,17,19,23,25,28-29,31-32,44,46,52,54,60,62,67-70,72-79,81-83,85-89H,3-4,6,8-10,12,14-16,18,20-22,24,26-27,30,33-43,45,47-51,53,55-59,61,63-66H2,1-2H3,(H,80,84)/b7-5-,13-11-,19-17-,25-23-,29-28-,32-31-,46-44+,54-52+,62-60+. The molecule has 2 aliphatic rings. The first kappa shape index (κ1) is 85.7. The summed E-state index contributed by atoms with van der Waals surface area (Å²) in [6, 6.07) is -0.944. The molecule has 0 spiro atoms. The molecule has 2 aliphatic heterocycles. The molecule has 12 unspecified atom stereocenters. The number of aliphatic hydroxyl groups is 8. The zero-order valence-electron chi connectivity index (χ0n) is 58.5. The van der Waals surface area contributed by atoms with Crippen molar-refractivity contribution in [3.8, 4) is 0 Å². The zero-order valence-corrected chi connectivity index (χ0v) is 58.5. The van der Waals surface area contributed by atoms with Gasteiger partial charge in [-0.25, -0.2) is 0 Å². The van der Waals surface area contributed by atoms with Crippen LogP contribution in [0.2, 0.25) is 0 Å². The molecule has 0 aromatic carbocycles. The number of aliphatic hydroxyl groups excluding tert-OH is 8. The van der Waals surface area contributed by atoms with Crippen molar-refractivity contribution in [3.63, 3.8) is 0 Å². The summed E-state index contributed by atoms with van der Waals surface area (Å²) in [5, 5.41) is 87.5. The van der Waals surface area contributed by atoms with Crippen LogP contribution in [-0.4, -0.2) is 140 Å². The van der Waals surface area contributed by atoms with Crippen LogP contribution in [0.15, 0.2) is 109 Å². The van der Waals surface area contributed by atoms with E-state index in [9.17, 15) is 45.6 Å². The first-order chi connectivity index (χ1) is 45.6. The predicted octanol–water partition coefficient (Wildman–Crippen LogP) is 16.3. The summed E-state index contributed by atoms with van der Waals surface area (Å²) < 4.78 is 22.9. The molecular weight excluding hydrogens is 1170 g/mol. The van der Waals surface area contributed by atoms with Crippen molar-refractivity contribution in [1.29, 1.82) is 0 Å². The lowest BCUT2D eigenvalue weighted by Crippen LogP contribution is -2.65. The Balaban J connectivity index is 1.63. The van der Waals surface area contributed by atoms with Crippen molar-refractivity contribution in [2.24, 2.45) is 0 Å². The second kappa shape index (κ2) is 62.2. The van der Waals surface area contributed by atoms with E-state index in [4.69, 9.17) is 18.9 Å². The molecule has 2 fully saturated rings. The van der Waals surface area contributed by atoms with Gasteiger partial charge in [0.1, 0.15) is 48.8 Å². The summed E-state index contributed by atoms with van der Waals surface area (Å²) in [6.45, 7) is 2.68. The van der Waals surface area contributed by atoms with Crippen molar-refractivity contribution >= 4 is 5.91 Å². The van der Waals surface area contributed by atoms with Gasteiger partial charge in [0.2, 0.25) is 5.91 Å². The van der Waals surface area contributed by atoms with Crippen molar-refractivity contribution in [1.82, 2.24) is 5.32 Å². The van der Waals surface area contributed by atoms with E-state index in [2.05, 4.69) is 116 Å². The Kier molecular flexibility index (Phi) is 57.3. The lowest BCUT2D eigenvalue weighted by molar-refractivity contribution is -0.359. The number of unbranched alkanes of at least 4 members (excludes halogenated alkanes) is 32. The molecule has 0 aliphatic carbocycles. The normalized spacial score (nSPS) is 23.2. The van der Waals surface area contributed by atoms with E-state index >= 15 is 0 Å². The molecule has 0 saturated carbocycles. The first-order valence-electron chi connectivity index (χ1n) is 37.6. The molecule has 1 amide bonds. The molecular formula is C79H137NO13. The molecule has 2 rings (SSSR count). The van der Waals surface area contributed by atoms with Gasteiger partial charge in [-0.2, -0.15) is 0 Å². The number of ether oxygens (including phenoxy) is 4. The van der Waals surface area contributed by atoms with Crippen LogP contribution >= 0.6 is 0 Å². The Hall–Kier alpha value is -3.35. The van der Waals surface area contributed by atoms with Gasteiger partial charge in [-0.3, -0.25) is 4.79 Å². The van der Waals surface area contributed by atoms with E-state index < -0.39 is 86.8 Å². The summed E-state index contributed by atoms with van der Waals surface area (Å²) >= 11 is 0. The fourth-order valence-electron chi connectivity index (χ4n) is 11.7. The molecule has 12 atom stereocenters. The number of nitrogens with one attached hydrogen (secondary N) is 1. The van der Waals surface area contributed by atoms with Gasteiger partial charge in [-0.15, -0.1) is 0 Å². The molecule has 93 heavy (non-hydrogen) atoms. The average Bonchev–Trinajstić information content (AvgIpc) is 0.852. The molecule has 0 bridgehead atoms. The van der Waals surface area contributed by atoms with E-state index in [-0.39, 0.29) is 18.9 Å². The average molecular weight is 1310 g/mol. The number of carbonyl (C=O) groups is 1. The second-order valence-electron chi connectivity index (χ2n) is 26.0. The summed E-state index contributed by atoms with van der Waals surface area (Å²) in [7, 11) is 0. The monoisotopic (exact) mass is 1310 g/mol. The number of allylic oxidation sites excluding steroid dienone is 17. The van der Waals surface area contributed by atoms with Gasteiger partial charge in [0.25, 0.3) is 0 Å². The molecule has 536 valence electrons. The van der Waals surface area contributed by atoms with Crippen LogP contribution in [0.25, 0.3) is 0 Å². The van der Waals surface area contributed by atoms with Crippen LogP contribution in [0.1, 0.15) is 290 Å². The van der Waals surface area contributed by atoms with Crippen LogP contribution in [0.5, 0.6) is 0 Å². The van der Waals surface area contributed by atoms with E-state index in [1.54, 1.807) is 6.08 Å². The lowest BCUT2D eigenvalue weighted by Gasteiger charge is -2.46. The summed E-state index contributed by atoms with van der Waals surface area (Å²) in [4.78, 5) is 13.4. The van der Waals surface area contributed by atoms with Gasteiger partial charge in [0.05, 0.1) is 32.0 Å². The highest BCUT2D eigenvalue weighted by molar-refractivity contribution is 5.76. The highest BCUT2D eigenvalue weighted by Crippen LogP contribution is 2.30. The smallest absolute Gasteiger partial charge is 0.220 e. The van der Waals surface area contributed by atoms with Crippen molar-refractivity contribution in [3.05, 3.63) is 109 Å². The molecule has 14 heteroatoms. The number of carbonyl (C=O) groups excluding carboxylic acids is 1. The zero-order chi connectivity index (χ0) is 67.3. The Bertz CT molecular complexity index is 1980. The van der Waals surface area contributed by atoms with E-state index in [0.29, 0.717) is 12.8 Å². The summed E-state index contributed by atoms with van der Waals surface area (Å²) in [6.07, 6.45) is 73.0. The van der Waals surface area contributed by atoms with Gasteiger partial charge in [-0.1, -0.05) is 297 Å². The van der Waals surface area contributed by atoms with Crippen LogP contribution in [0.4, 0.5) is 0 Å². The third-order valence-corrected chi connectivity index (χ3v) is 17.7. The van der Waals surface area contributed by atoms with Gasteiger partial charge in [0, 0.05) is 6.42 Å². The maximum absolute atomic E-state index is 13.4. The minimum Gasteiger partial charge on any atom is -0.394 e. The van der Waals surface area contributed by atoms with Crippen LogP contribution in [-0.2, 0) is 23.7 Å². The lowest BCUT2D eigenvalue weighted by atomic mass is 9.97. The van der Waals surface area contributed by atoms with E-state index in [1.807, 2.05) is 6.08 Å². The van der Waals surface area contributed by atoms with Gasteiger partial charge >= 0.3 is 0 Å². The van der Waals surface area contributed by atoms with Crippen LogP contribution in [0, 0.1) is 0 Å². The Morgan fingerprint density at radius 3 is 1.18 bits per heavy atom. The van der Waals surface area contributed by atoms with E-state index in [1.165, 1.54) is 173 Å². The highest BCUT2D eigenvalue weighted by Gasteiger charge is 2.51. The van der Waals surface area contributed by atoms with Gasteiger partial charge in [0.15, 0.2) is 12.6 Å². The Labute approximate surface area is 566 Å². The number of hydrogen-bond donors (Lipinski definition) is 9. The van der Waals surface area contributed by atoms with E-state index in [0.717, 1.165) is 83.5 Å². The van der Waals surface area contributed by atoms with Gasteiger partial charge in [-0.05, 0) is 96.3 Å². The molecule has 0 aromatic heterocycles. The highest BCUT2D eigenvalue weighted by atomic mass is 16.7. The number of hydrogen-bond acceptors (Lipinski definition) is 13. The Morgan fingerprint density at radius 1 is 0.398 bits per heavy atom. The van der Waals surface area contributed by atoms with Crippen LogP contribution < -0.4 is 5.32 Å². The predicted molar refractivity (Wildman–Crippen MR) is 382 cm³/mol. The van der Waals surface area contributed by atoms with Crippen molar-refractivity contribution in [2.75, 3.05) is 19.8 Å². The van der Waals surface area contributed by atoms with Crippen LogP contribution in [0.3, 0.4) is 0 Å². The number of amides is 1. The quantitative estimate of drug-likeness (QED) is 0.0204. The molecule has 2 heterocycles. The third kappa shape index (κ3) is 45.7. The molecule has 2 saturated heterocycles. The first-order valence-corrected chi connectivity index (χ1v) is 37.6. The largest absolute Gasteiger partial charge is 0.394 e. The molecule has 0 aromatic rings. The SMILES string of the molecule is CC/C=C\C/C=C\C/C=C\C/C=C\C/C=C\C/C=C\CCCCCCCCCCCCCCCCCCCCC(=O)NC(COC1OC(CO)C(OC2OC(CO)C(O)C(O)C2O)C(O)C1O)C(O)/C=C/CC/C=C/CC/C=C/CCCCCCCCCCCCCC. The third-order valence-electron chi connectivity index (χ3n) is 17.7. The number of rotatable bonds is 61. The topological polar surface area (TPSA) is 228 Å². The molecule has 14 nitrogen and oxygen atoms in total. The van der Waals surface area contributed by atoms with Gasteiger partial charge < -0.3 is 65.1 Å². The Morgan fingerprint density at radius 2 is 0.753 bits per heavy atom. The van der Waals surface area contributed by atoms with Crippen molar-refractivity contribution in [2.45, 2.75) is 364 Å². The summed E-state index contributed by atoms with van der Waals surface area (Å²) in [5.41, 5.74) is 0. The maximum atomic E-state index is 13.4. The summed E-state index contributed by atoms with van der Waals surface area (Å²) in [5.74, 6) is -0.253.